The van der Waals surface area contributed by atoms with Crippen LogP contribution in [0.15, 0.2) is 48.5 Å². The summed E-state index contributed by atoms with van der Waals surface area (Å²) in [6.45, 7) is 3.17. The Bertz CT molecular complexity index is 868. The number of carbonyl (C=O) groups is 3. The first-order valence-corrected chi connectivity index (χ1v) is 9.88. The molecule has 2 amide bonds. The van der Waals surface area contributed by atoms with Gasteiger partial charge in [-0.2, -0.15) is 0 Å². The maximum absolute atomic E-state index is 12.1. The number of benzene rings is 1. The van der Waals surface area contributed by atoms with Gasteiger partial charge in [0.05, 0.1) is 0 Å². The number of hydrogen-bond donors (Lipinski definition) is 0. The predicted octanol–water partition coefficient (Wildman–Crippen LogP) is 2.66. The quantitative estimate of drug-likeness (QED) is 0.574. The summed E-state index contributed by atoms with van der Waals surface area (Å²) < 4.78 is 5.05. The van der Waals surface area contributed by atoms with Crippen LogP contribution in [0.4, 0.5) is 0 Å². The molecule has 0 atom stereocenters. The van der Waals surface area contributed by atoms with Crippen LogP contribution in [-0.2, 0) is 19.1 Å². The summed E-state index contributed by atoms with van der Waals surface area (Å²) >= 11 is 1.58. The number of ether oxygens (including phenoxy) is 1. The van der Waals surface area contributed by atoms with Crippen LogP contribution >= 0.6 is 11.3 Å². The van der Waals surface area contributed by atoms with Crippen LogP contribution in [-0.4, -0.2) is 60.4 Å². The minimum Gasteiger partial charge on any atom is -0.452 e. The highest BCUT2D eigenvalue weighted by atomic mass is 32.1. The molecule has 0 unspecified atom stereocenters. The van der Waals surface area contributed by atoms with Crippen molar-refractivity contribution in [3.63, 3.8) is 0 Å². The van der Waals surface area contributed by atoms with Crippen LogP contribution in [0.3, 0.4) is 0 Å². The van der Waals surface area contributed by atoms with Gasteiger partial charge in [0.2, 0.25) is 5.91 Å². The molecule has 0 saturated carbocycles. The van der Waals surface area contributed by atoms with Crippen molar-refractivity contribution in [3.8, 4) is 10.4 Å². The number of thiophene rings is 1. The Balaban J connectivity index is 1.45. The highest BCUT2D eigenvalue weighted by Crippen LogP contribution is 2.28. The minimum atomic E-state index is -0.551. The van der Waals surface area contributed by atoms with Gasteiger partial charge in [0.1, 0.15) is 0 Å². The molecule has 0 N–H and O–H groups in total. The SMILES string of the molecule is CC(=O)N1CCN(C(=O)COC(=O)/C=C/c2ccc(-c3ccccc3)s2)CC1. The smallest absolute Gasteiger partial charge is 0.331 e. The maximum Gasteiger partial charge on any atom is 0.331 e. The molecule has 1 aliphatic rings. The number of rotatable bonds is 5. The summed E-state index contributed by atoms with van der Waals surface area (Å²) in [5, 5.41) is 0. The Morgan fingerprint density at radius 1 is 1.00 bits per heavy atom. The second kappa shape index (κ2) is 9.32. The third kappa shape index (κ3) is 5.29. The zero-order valence-corrected chi connectivity index (χ0v) is 16.5. The van der Waals surface area contributed by atoms with Crippen molar-refractivity contribution >= 4 is 35.2 Å². The van der Waals surface area contributed by atoms with E-state index in [1.165, 1.54) is 13.0 Å². The molecule has 28 heavy (non-hydrogen) atoms. The Labute approximate surface area is 168 Å². The van der Waals surface area contributed by atoms with Gasteiger partial charge in [-0.15, -0.1) is 11.3 Å². The van der Waals surface area contributed by atoms with Crippen LogP contribution in [0.25, 0.3) is 16.5 Å². The molecule has 0 spiro atoms. The van der Waals surface area contributed by atoms with E-state index in [2.05, 4.69) is 0 Å². The van der Waals surface area contributed by atoms with E-state index in [0.717, 1.165) is 15.3 Å². The number of amides is 2. The van der Waals surface area contributed by atoms with Crippen molar-refractivity contribution in [2.24, 2.45) is 0 Å². The van der Waals surface area contributed by atoms with E-state index in [-0.39, 0.29) is 18.4 Å². The molecule has 3 rings (SSSR count). The van der Waals surface area contributed by atoms with E-state index in [1.54, 1.807) is 27.2 Å². The summed E-state index contributed by atoms with van der Waals surface area (Å²) in [6, 6.07) is 14.0. The molecule has 0 bridgehead atoms. The van der Waals surface area contributed by atoms with Crippen molar-refractivity contribution in [3.05, 3.63) is 53.4 Å². The van der Waals surface area contributed by atoms with Gasteiger partial charge in [0, 0.05) is 48.9 Å². The summed E-state index contributed by atoms with van der Waals surface area (Å²) in [5.41, 5.74) is 1.13. The van der Waals surface area contributed by atoms with Crippen molar-refractivity contribution in [2.45, 2.75) is 6.92 Å². The number of esters is 1. The largest absolute Gasteiger partial charge is 0.452 e. The topological polar surface area (TPSA) is 66.9 Å². The Kier molecular flexibility index (Phi) is 6.60. The molecule has 146 valence electrons. The Morgan fingerprint density at radius 3 is 2.36 bits per heavy atom. The second-order valence-electron chi connectivity index (χ2n) is 6.40. The first-order chi connectivity index (χ1) is 13.5. The lowest BCUT2D eigenvalue weighted by molar-refractivity contribution is -0.149. The van der Waals surface area contributed by atoms with Gasteiger partial charge in [-0.3, -0.25) is 9.59 Å². The minimum absolute atomic E-state index is 0.00710. The van der Waals surface area contributed by atoms with Crippen LogP contribution in [0.5, 0.6) is 0 Å². The fourth-order valence-corrected chi connectivity index (χ4v) is 3.81. The van der Waals surface area contributed by atoms with E-state index in [9.17, 15) is 14.4 Å². The first kappa shape index (κ1) is 19.8. The Hall–Kier alpha value is -2.93. The van der Waals surface area contributed by atoms with Gasteiger partial charge in [-0.05, 0) is 23.8 Å². The molecule has 1 aliphatic heterocycles. The molecule has 0 aliphatic carbocycles. The highest BCUT2D eigenvalue weighted by Gasteiger charge is 2.22. The highest BCUT2D eigenvalue weighted by molar-refractivity contribution is 7.16. The molecule has 0 radical (unpaired) electrons. The third-order valence-electron chi connectivity index (χ3n) is 4.48. The van der Waals surface area contributed by atoms with Gasteiger partial charge in [0.15, 0.2) is 6.61 Å². The molecular weight excluding hydrogens is 376 g/mol. The first-order valence-electron chi connectivity index (χ1n) is 9.06. The lowest BCUT2D eigenvalue weighted by Gasteiger charge is -2.34. The predicted molar refractivity (Wildman–Crippen MR) is 109 cm³/mol. The van der Waals surface area contributed by atoms with Crippen LogP contribution in [0.2, 0.25) is 0 Å². The van der Waals surface area contributed by atoms with Gasteiger partial charge in [-0.25, -0.2) is 4.79 Å². The van der Waals surface area contributed by atoms with E-state index in [4.69, 9.17) is 4.74 Å². The van der Waals surface area contributed by atoms with E-state index in [1.807, 2.05) is 42.5 Å². The molecular formula is C21H22N2O4S. The number of nitrogens with zero attached hydrogens (tertiary/aromatic N) is 2. The van der Waals surface area contributed by atoms with E-state index in [0.29, 0.717) is 26.2 Å². The zero-order valence-electron chi connectivity index (χ0n) is 15.7. The number of piperazine rings is 1. The molecule has 6 nitrogen and oxygen atoms in total. The van der Waals surface area contributed by atoms with Crippen molar-refractivity contribution in [1.82, 2.24) is 9.80 Å². The molecule has 2 heterocycles. The average molecular weight is 398 g/mol. The van der Waals surface area contributed by atoms with Gasteiger partial charge >= 0.3 is 5.97 Å². The standard InChI is InChI=1S/C21H22N2O4S/c1-16(24)22-11-13-23(14-12-22)20(25)15-27-21(26)10-8-18-7-9-19(28-18)17-5-3-2-4-6-17/h2-10H,11-15H2,1H3/b10-8+. The van der Waals surface area contributed by atoms with Gasteiger partial charge in [-0.1, -0.05) is 30.3 Å². The molecule has 2 aromatic rings. The lowest BCUT2D eigenvalue weighted by atomic mass is 10.2. The van der Waals surface area contributed by atoms with Crippen molar-refractivity contribution < 1.29 is 19.1 Å². The summed E-state index contributed by atoms with van der Waals surface area (Å²) in [6.07, 6.45) is 3.02. The third-order valence-corrected chi connectivity index (χ3v) is 5.58. The van der Waals surface area contributed by atoms with E-state index < -0.39 is 5.97 Å². The fourth-order valence-electron chi connectivity index (χ4n) is 2.89. The van der Waals surface area contributed by atoms with Crippen LogP contribution in [0, 0.1) is 0 Å². The molecule has 7 heteroatoms. The van der Waals surface area contributed by atoms with Gasteiger partial charge in [0.25, 0.3) is 5.91 Å². The molecule has 1 saturated heterocycles. The summed E-state index contributed by atoms with van der Waals surface area (Å²) in [5.74, 6) is -0.787. The average Bonchev–Trinajstić information content (AvgIpc) is 3.20. The van der Waals surface area contributed by atoms with Crippen LogP contribution < -0.4 is 0 Å². The van der Waals surface area contributed by atoms with Crippen molar-refractivity contribution in [2.75, 3.05) is 32.8 Å². The molecule has 1 aromatic heterocycles. The second-order valence-corrected chi connectivity index (χ2v) is 7.51. The Morgan fingerprint density at radius 2 is 1.68 bits per heavy atom. The fraction of sp³-hybridized carbons (Fsp3) is 0.286. The lowest BCUT2D eigenvalue weighted by Crippen LogP contribution is -2.51. The number of carbonyl (C=O) groups excluding carboxylic acids is 3. The normalized spacial score (nSPS) is 14.3. The summed E-state index contributed by atoms with van der Waals surface area (Å²) in [7, 11) is 0. The van der Waals surface area contributed by atoms with E-state index >= 15 is 0 Å². The monoisotopic (exact) mass is 398 g/mol. The number of hydrogen-bond acceptors (Lipinski definition) is 5. The molecule has 1 aromatic carbocycles. The zero-order chi connectivity index (χ0) is 19.9. The van der Waals surface area contributed by atoms with Gasteiger partial charge < -0.3 is 14.5 Å². The maximum atomic E-state index is 12.1. The summed E-state index contributed by atoms with van der Waals surface area (Å²) in [4.78, 5) is 40.7. The molecule has 1 fully saturated rings. The van der Waals surface area contributed by atoms with Crippen molar-refractivity contribution in [1.29, 1.82) is 0 Å². The van der Waals surface area contributed by atoms with Crippen LogP contribution in [0.1, 0.15) is 11.8 Å².